The van der Waals surface area contributed by atoms with E-state index in [1.807, 2.05) is 0 Å². The average molecular weight is 296 g/mol. The van der Waals surface area contributed by atoms with Crippen LogP contribution in [0.25, 0.3) is 0 Å². The first-order valence-electron chi connectivity index (χ1n) is 7.24. The van der Waals surface area contributed by atoms with Gasteiger partial charge in [-0.15, -0.1) is 0 Å². The molecule has 0 amide bonds. The van der Waals surface area contributed by atoms with Crippen LogP contribution in [-0.2, 0) is 6.61 Å². The summed E-state index contributed by atoms with van der Waals surface area (Å²) in [5, 5.41) is 22.4. The zero-order valence-electron chi connectivity index (χ0n) is 12.4. The lowest BCUT2D eigenvalue weighted by atomic mass is 10.2. The van der Waals surface area contributed by atoms with Crippen LogP contribution in [-0.4, -0.2) is 67.7 Å². The van der Waals surface area contributed by atoms with Crippen LogP contribution in [0.15, 0.2) is 18.2 Å². The minimum Gasteiger partial charge on any atom is -0.493 e. The summed E-state index contributed by atoms with van der Waals surface area (Å²) in [6, 6.07) is 5.26. The van der Waals surface area contributed by atoms with Crippen LogP contribution in [0.3, 0.4) is 0 Å². The molecule has 1 aliphatic rings. The Bertz CT molecular complexity index is 436. The first-order chi connectivity index (χ1) is 10.2. The maximum absolute atomic E-state index is 10.1. The van der Waals surface area contributed by atoms with E-state index in [9.17, 15) is 5.11 Å². The number of benzene rings is 1. The molecule has 0 aromatic heterocycles. The minimum absolute atomic E-state index is 0.0394. The topological polar surface area (TPSA) is 74.2 Å². The third-order valence-electron chi connectivity index (χ3n) is 3.52. The van der Waals surface area contributed by atoms with E-state index in [0.717, 1.165) is 31.7 Å². The van der Waals surface area contributed by atoms with Gasteiger partial charge in [-0.3, -0.25) is 4.90 Å². The summed E-state index contributed by atoms with van der Waals surface area (Å²) in [6.45, 7) is 4.62. The monoisotopic (exact) mass is 296 g/mol. The first kappa shape index (κ1) is 16.0. The van der Waals surface area contributed by atoms with E-state index < -0.39 is 6.10 Å². The molecule has 21 heavy (non-hydrogen) atoms. The van der Waals surface area contributed by atoms with E-state index in [-0.39, 0.29) is 13.2 Å². The third-order valence-corrected chi connectivity index (χ3v) is 3.52. The number of aliphatic hydroxyl groups excluding tert-OH is 2. The van der Waals surface area contributed by atoms with Crippen molar-refractivity contribution in [2.45, 2.75) is 12.7 Å². The summed E-state index contributed by atoms with van der Waals surface area (Å²) in [5.74, 6) is 1.14. The van der Waals surface area contributed by atoms with Crippen LogP contribution < -0.4 is 14.8 Å². The van der Waals surface area contributed by atoms with Crippen molar-refractivity contribution in [1.29, 1.82) is 0 Å². The molecule has 0 radical (unpaired) electrons. The Morgan fingerprint density at radius 1 is 1.29 bits per heavy atom. The van der Waals surface area contributed by atoms with Crippen LogP contribution in [0.4, 0.5) is 0 Å². The summed E-state index contributed by atoms with van der Waals surface area (Å²) in [4.78, 5) is 2.22. The van der Waals surface area contributed by atoms with Gasteiger partial charge in [-0.1, -0.05) is 6.07 Å². The van der Waals surface area contributed by atoms with E-state index >= 15 is 0 Å². The molecule has 6 nitrogen and oxygen atoms in total. The molecule has 1 unspecified atom stereocenters. The summed E-state index contributed by atoms with van der Waals surface area (Å²) >= 11 is 0. The van der Waals surface area contributed by atoms with Crippen molar-refractivity contribution in [3.63, 3.8) is 0 Å². The molecule has 0 aliphatic carbocycles. The number of hydrogen-bond acceptors (Lipinski definition) is 6. The second-order valence-corrected chi connectivity index (χ2v) is 5.16. The molecule has 1 aromatic rings. The SMILES string of the molecule is COc1cc(CO)ccc1OCC(O)CN1CCNCC1. The van der Waals surface area contributed by atoms with Crippen molar-refractivity contribution in [3.8, 4) is 11.5 Å². The van der Waals surface area contributed by atoms with Crippen LogP contribution >= 0.6 is 0 Å². The number of nitrogens with zero attached hydrogens (tertiary/aromatic N) is 1. The number of ether oxygens (including phenoxy) is 2. The van der Waals surface area contributed by atoms with E-state index in [1.165, 1.54) is 0 Å². The third kappa shape index (κ3) is 4.86. The van der Waals surface area contributed by atoms with Gasteiger partial charge in [0.1, 0.15) is 12.7 Å². The molecule has 2 rings (SSSR count). The van der Waals surface area contributed by atoms with Crippen molar-refractivity contribution in [1.82, 2.24) is 10.2 Å². The van der Waals surface area contributed by atoms with Crippen LogP contribution in [0.5, 0.6) is 11.5 Å². The van der Waals surface area contributed by atoms with Crippen LogP contribution in [0.2, 0.25) is 0 Å². The van der Waals surface area contributed by atoms with E-state index in [2.05, 4.69) is 10.2 Å². The summed E-state index contributed by atoms with van der Waals surface area (Å²) in [5.41, 5.74) is 0.764. The molecule has 0 saturated carbocycles. The summed E-state index contributed by atoms with van der Waals surface area (Å²) in [6.07, 6.45) is -0.537. The van der Waals surface area contributed by atoms with Crippen molar-refractivity contribution in [2.24, 2.45) is 0 Å². The van der Waals surface area contributed by atoms with Gasteiger partial charge in [-0.05, 0) is 17.7 Å². The maximum atomic E-state index is 10.1. The van der Waals surface area contributed by atoms with Crippen LogP contribution in [0.1, 0.15) is 5.56 Å². The van der Waals surface area contributed by atoms with Gasteiger partial charge >= 0.3 is 0 Å². The van der Waals surface area contributed by atoms with E-state index in [0.29, 0.717) is 18.0 Å². The van der Waals surface area contributed by atoms with Gasteiger partial charge in [0.15, 0.2) is 11.5 Å². The number of piperazine rings is 1. The Morgan fingerprint density at radius 2 is 2.05 bits per heavy atom. The second kappa shape index (κ2) is 8.19. The van der Waals surface area contributed by atoms with Crippen molar-refractivity contribution in [3.05, 3.63) is 23.8 Å². The minimum atomic E-state index is -0.537. The second-order valence-electron chi connectivity index (χ2n) is 5.16. The average Bonchev–Trinajstić information content (AvgIpc) is 2.53. The zero-order chi connectivity index (χ0) is 15.1. The molecule has 3 N–H and O–H groups in total. The van der Waals surface area contributed by atoms with Gasteiger partial charge in [0.05, 0.1) is 13.7 Å². The van der Waals surface area contributed by atoms with Gasteiger partial charge in [0, 0.05) is 32.7 Å². The van der Waals surface area contributed by atoms with Gasteiger partial charge in [0.2, 0.25) is 0 Å². The van der Waals surface area contributed by atoms with Crippen molar-refractivity contribution >= 4 is 0 Å². The number of rotatable bonds is 7. The van der Waals surface area contributed by atoms with Gasteiger partial charge in [-0.25, -0.2) is 0 Å². The van der Waals surface area contributed by atoms with Crippen molar-refractivity contribution in [2.75, 3.05) is 46.4 Å². The molecule has 6 heteroatoms. The highest BCUT2D eigenvalue weighted by molar-refractivity contribution is 5.42. The predicted octanol–water partition coefficient (Wildman–Crippen LogP) is -0.168. The maximum Gasteiger partial charge on any atom is 0.161 e. The lowest BCUT2D eigenvalue weighted by Crippen LogP contribution is -2.47. The number of hydrogen-bond donors (Lipinski definition) is 3. The lowest BCUT2D eigenvalue weighted by molar-refractivity contribution is 0.0632. The fourth-order valence-electron chi connectivity index (χ4n) is 2.36. The highest BCUT2D eigenvalue weighted by Gasteiger charge is 2.15. The molecular formula is C15H24N2O4. The number of β-amino-alcohol motifs (C(OH)–C–C–N with tert-alkyl or cyclic N) is 1. The van der Waals surface area contributed by atoms with Gasteiger partial charge < -0.3 is 25.0 Å². The highest BCUT2D eigenvalue weighted by atomic mass is 16.5. The number of nitrogens with one attached hydrogen (secondary N) is 1. The first-order valence-corrected chi connectivity index (χ1v) is 7.24. The Balaban J connectivity index is 1.83. The van der Waals surface area contributed by atoms with Gasteiger partial charge in [-0.2, -0.15) is 0 Å². The highest BCUT2D eigenvalue weighted by Crippen LogP contribution is 2.28. The van der Waals surface area contributed by atoms with Crippen molar-refractivity contribution < 1.29 is 19.7 Å². The number of aliphatic hydroxyl groups is 2. The Labute approximate surface area is 125 Å². The Morgan fingerprint density at radius 3 is 2.71 bits per heavy atom. The molecular weight excluding hydrogens is 272 g/mol. The molecule has 118 valence electrons. The molecule has 0 spiro atoms. The molecule has 1 aliphatic heterocycles. The van der Waals surface area contributed by atoms with E-state index in [4.69, 9.17) is 14.6 Å². The smallest absolute Gasteiger partial charge is 0.161 e. The lowest BCUT2D eigenvalue weighted by Gasteiger charge is -2.29. The zero-order valence-corrected chi connectivity index (χ0v) is 12.4. The molecule has 0 bridgehead atoms. The molecule has 1 atom stereocenters. The molecule has 1 fully saturated rings. The summed E-state index contributed by atoms with van der Waals surface area (Å²) < 4.78 is 10.9. The molecule has 1 heterocycles. The Hall–Kier alpha value is -1.34. The molecule has 1 saturated heterocycles. The Kier molecular flexibility index (Phi) is 6.25. The summed E-state index contributed by atoms with van der Waals surface area (Å²) in [7, 11) is 1.56. The quantitative estimate of drug-likeness (QED) is 0.649. The van der Waals surface area contributed by atoms with E-state index in [1.54, 1.807) is 25.3 Å². The predicted molar refractivity (Wildman–Crippen MR) is 79.7 cm³/mol. The van der Waals surface area contributed by atoms with Gasteiger partial charge in [0.25, 0.3) is 0 Å². The standard InChI is InChI=1S/C15H24N2O4/c1-20-15-8-12(10-18)2-3-14(15)21-11-13(19)9-17-6-4-16-5-7-17/h2-3,8,13,16,18-19H,4-7,9-11H2,1H3. The normalized spacial score (nSPS) is 17.5. The fourth-order valence-corrected chi connectivity index (χ4v) is 2.36. The fraction of sp³-hybridized carbons (Fsp3) is 0.600. The number of methoxy groups -OCH3 is 1. The molecule has 1 aromatic carbocycles. The van der Waals surface area contributed by atoms with Crippen LogP contribution in [0, 0.1) is 0 Å². The largest absolute Gasteiger partial charge is 0.493 e.